The molecule has 0 spiro atoms. The molecule has 0 bridgehead atoms. The molecule has 0 saturated carbocycles. The molecule has 4 heteroatoms. The molecule has 0 N–H and O–H groups in total. The van der Waals surface area contributed by atoms with Gasteiger partial charge in [0.05, 0.1) is 13.1 Å². The van der Waals surface area contributed by atoms with Crippen LogP contribution in [0.2, 0.25) is 0 Å². The fourth-order valence-corrected chi connectivity index (χ4v) is 2.23. The van der Waals surface area contributed by atoms with Crippen LogP contribution in [0.1, 0.15) is 52.4 Å². The highest BCUT2D eigenvalue weighted by Crippen LogP contribution is 2.01. The molecule has 0 amide bonds. The highest BCUT2D eigenvalue weighted by atomic mass is 16.1. The van der Waals surface area contributed by atoms with Crippen LogP contribution in [0.25, 0.3) is 0 Å². The second-order valence-electron chi connectivity index (χ2n) is 5.35. The van der Waals surface area contributed by atoms with E-state index in [9.17, 15) is 9.59 Å². The number of rotatable bonds is 15. The van der Waals surface area contributed by atoms with Gasteiger partial charge in [0.15, 0.2) is 0 Å². The van der Waals surface area contributed by atoms with Gasteiger partial charge in [-0.25, -0.2) is 0 Å². The molecule has 0 heterocycles. The van der Waals surface area contributed by atoms with Crippen molar-refractivity contribution in [1.29, 1.82) is 0 Å². The lowest BCUT2D eigenvalue weighted by atomic mass is 10.2. The highest BCUT2D eigenvalue weighted by Gasteiger charge is 2.06. The Labute approximate surface area is 124 Å². The van der Waals surface area contributed by atoms with E-state index < -0.39 is 0 Å². The van der Waals surface area contributed by atoms with Gasteiger partial charge in [-0.3, -0.25) is 9.80 Å². The van der Waals surface area contributed by atoms with Crippen LogP contribution in [0.4, 0.5) is 0 Å². The molecule has 0 aliphatic heterocycles. The minimum absolute atomic E-state index is 0.549. The fraction of sp³-hybridized carbons (Fsp3) is 0.875. The standard InChI is InChI=1S/C16H32N2O2/c1-3-5-9-17(13-15-19)11-7-8-12-18(14-16-20)10-6-4-2/h15-16H,3-14H2,1-2H3. The summed E-state index contributed by atoms with van der Waals surface area (Å²) in [6, 6.07) is 0. The second kappa shape index (κ2) is 14.7. The molecule has 0 saturated heterocycles. The molecule has 0 atom stereocenters. The van der Waals surface area contributed by atoms with Gasteiger partial charge in [-0.1, -0.05) is 26.7 Å². The summed E-state index contributed by atoms with van der Waals surface area (Å²) in [5, 5.41) is 0. The zero-order valence-electron chi connectivity index (χ0n) is 13.4. The predicted molar refractivity (Wildman–Crippen MR) is 84.1 cm³/mol. The second-order valence-corrected chi connectivity index (χ2v) is 5.35. The third-order valence-corrected chi connectivity index (χ3v) is 3.52. The third-order valence-electron chi connectivity index (χ3n) is 3.52. The molecule has 0 aliphatic rings. The molecule has 0 aromatic rings. The van der Waals surface area contributed by atoms with Crippen LogP contribution in [0.5, 0.6) is 0 Å². The zero-order valence-corrected chi connectivity index (χ0v) is 13.4. The van der Waals surface area contributed by atoms with Crippen molar-refractivity contribution in [2.45, 2.75) is 52.4 Å². The smallest absolute Gasteiger partial charge is 0.133 e. The van der Waals surface area contributed by atoms with E-state index in [1.54, 1.807) is 0 Å². The number of carbonyl (C=O) groups is 2. The summed E-state index contributed by atoms with van der Waals surface area (Å²) in [7, 11) is 0. The summed E-state index contributed by atoms with van der Waals surface area (Å²) < 4.78 is 0. The third kappa shape index (κ3) is 11.1. The first kappa shape index (κ1) is 19.3. The van der Waals surface area contributed by atoms with Crippen LogP contribution < -0.4 is 0 Å². The highest BCUT2D eigenvalue weighted by molar-refractivity contribution is 5.52. The lowest BCUT2D eigenvalue weighted by molar-refractivity contribution is -0.109. The van der Waals surface area contributed by atoms with E-state index in [0.29, 0.717) is 13.1 Å². The Morgan fingerprint density at radius 3 is 1.30 bits per heavy atom. The molecule has 4 nitrogen and oxygen atoms in total. The summed E-state index contributed by atoms with van der Waals surface area (Å²) >= 11 is 0. The molecule has 0 aliphatic carbocycles. The average molecular weight is 284 g/mol. The van der Waals surface area contributed by atoms with E-state index in [1.165, 1.54) is 12.8 Å². The lowest BCUT2D eigenvalue weighted by Gasteiger charge is -2.22. The molecule has 118 valence electrons. The summed E-state index contributed by atoms with van der Waals surface area (Å²) in [4.78, 5) is 25.7. The Balaban J connectivity index is 3.81. The van der Waals surface area contributed by atoms with Gasteiger partial charge < -0.3 is 9.59 Å². The number of nitrogens with zero attached hydrogens (tertiary/aromatic N) is 2. The minimum atomic E-state index is 0.549. The molecule has 20 heavy (non-hydrogen) atoms. The summed E-state index contributed by atoms with van der Waals surface area (Å²) in [6.07, 6.45) is 8.82. The Bertz CT molecular complexity index is 211. The molecule has 0 unspecified atom stereocenters. The van der Waals surface area contributed by atoms with E-state index in [-0.39, 0.29) is 0 Å². The number of carbonyl (C=O) groups excluding carboxylic acids is 2. The Morgan fingerprint density at radius 2 is 1.00 bits per heavy atom. The topological polar surface area (TPSA) is 40.6 Å². The van der Waals surface area contributed by atoms with Crippen molar-refractivity contribution in [3.05, 3.63) is 0 Å². The fourth-order valence-electron chi connectivity index (χ4n) is 2.23. The number of hydrogen-bond acceptors (Lipinski definition) is 4. The van der Waals surface area contributed by atoms with Crippen molar-refractivity contribution in [3.63, 3.8) is 0 Å². The minimum Gasteiger partial charge on any atom is -0.302 e. The van der Waals surface area contributed by atoms with Gasteiger partial charge >= 0.3 is 0 Å². The molecule has 0 aromatic heterocycles. The van der Waals surface area contributed by atoms with Crippen molar-refractivity contribution in [2.24, 2.45) is 0 Å². The van der Waals surface area contributed by atoms with Crippen molar-refractivity contribution in [1.82, 2.24) is 9.80 Å². The van der Waals surface area contributed by atoms with Gasteiger partial charge in [0.25, 0.3) is 0 Å². The van der Waals surface area contributed by atoms with Gasteiger partial charge in [-0.2, -0.15) is 0 Å². The van der Waals surface area contributed by atoms with Crippen molar-refractivity contribution < 1.29 is 9.59 Å². The number of hydrogen-bond donors (Lipinski definition) is 0. The van der Waals surface area contributed by atoms with E-state index >= 15 is 0 Å². The van der Waals surface area contributed by atoms with E-state index in [0.717, 1.165) is 64.4 Å². The van der Waals surface area contributed by atoms with Crippen LogP contribution in [-0.4, -0.2) is 61.6 Å². The molecule has 0 aromatic carbocycles. The SMILES string of the molecule is CCCCN(CC=O)CCCCN(CC=O)CCCC. The quantitative estimate of drug-likeness (QED) is 0.342. The predicted octanol–water partition coefficient (Wildman–Crippen LogP) is 2.37. The van der Waals surface area contributed by atoms with Crippen LogP contribution >= 0.6 is 0 Å². The monoisotopic (exact) mass is 284 g/mol. The Kier molecular flexibility index (Phi) is 14.1. The maximum absolute atomic E-state index is 10.6. The Morgan fingerprint density at radius 1 is 0.650 bits per heavy atom. The molecule has 0 rings (SSSR count). The van der Waals surface area contributed by atoms with Crippen molar-refractivity contribution >= 4 is 12.6 Å². The largest absolute Gasteiger partial charge is 0.302 e. The first-order chi connectivity index (χ1) is 9.78. The molecular weight excluding hydrogens is 252 g/mol. The van der Waals surface area contributed by atoms with Crippen molar-refractivity contribution in [2.75, 3.05) is 39.3 Å². The summed E-state index contributed by atoms with van der Waals surface area (Å²) in [5.74, 6) is 0. The lowest BCUT2D eigenvalue weighted by Crippen LogP contribution is -2.30. The molecule has 0 radical (unpaired) electrons. The molecular formula is C16H32N2O2. The first-order valence-corrected chi connectivity index (χ1v) is 8.10. The van der Waals surface area contributed by atoms with Crippen LogP contribution in [0, 0.1) is 0 Å². The van der Waals surface area contributed by atoms with Crippen LogP contribution in [0.15, 0.2) is 0 Å². The molecule has 0 fully saturated rings. The maximum atomic E-state index is 10.6. The summed E-state index contributed by atoms with van der Waals surface area (Å²) in [5.41, 5.74) is 0. The van der Waals surface area contributed by atoms with Crippen LogP contribution in [-0.2, 0) is 9.59 Å². The zero-order chi connectivity index (χ0) is 15.1. The van der Waals surface area contributed by atoms with Gasteiger partial charge in [-0.15, -0.1) is 0 Å². The van der Waals surface area contributed by atoms with Gasteiger partial charge in [-0.05, 0) is 51.9 Å². The number of aldehydes is 2. The van der Waals surface area contributed by atoms with Gasteiger partial charge in [0.2, 0.25) is 0 Å². The van der Waals surface area contributed by atoms with E-state index in [1.807, 2.05) is 0 Å². The number of unbranched alkanes of at least 4 members (excludes halogenated alkanes) is 3. The van der Waals surface area contributed by atoms with E-state index in [2.05, 4.69) is 23.6 Å². The van der Waals surface area contributed by atoms with E-state index in [4.69, 9.17) is 0 Å². The Hall–Kier alpha value is -0.740. The maximum Gasteiger partial charge on any atom is 0.133 e. The van der Waals surface area contributed by atoms with Crippen LogP contribution in [0.3, 0.4) is 0 Å². The summed E-state index contributed by atoms with van der Waals surface area (Å²) in [6.45, 7) is 9.45. The van der Waals surface area contributed by atoms with Crippen molar-refractivity contribution in [3.8, 4) is 0 Å². The normalized spacial score (nSPS) is 11.2. The first-order valence-electron chi connectivity index (χ1n) is 8.10. The van der Waals surface area contributed by atoms with Gasteiger partial charge in [0.1, 0.15) is 12.6 Å². The average Bonchev–Trinajstić information content (AvgIpc) is 2.46. The van der Waals surface area contributed by atoms with Gasteiger partial charge in [0, 0.05) is 0 Å².